The number of carbonyl (C=O) groups excluding carboxylic acids is 2. The van der Waals surface area contributed by atoms with Gasteiger partial charge in [0.25, 0.3) is 0 Å². The number of hydrogen-bond acceptors (Lipinski definition) is 4. The molecule has 1 atom stereocenters. The SMILES string of the molecule is CC(C)(C)OC(=O)CC(=O)CC(O)/C=C/C(=C(c1ccc(F)cc1)c1ccc(F)cc1)C1CCCCC1. The summed E-state index contributed by atoms with van der Waals surface area (Å²) in [6.07, 6.45) is 6.91. The Labute approximate surface area is 218 Å². The molecule has 0 aromatic heterocycles. The molecule has 1 fully saturated rings. The van der Waals surface area contributed by atoms with E-state index in [2.05, 4.69) is 0 Å². The Morgan fingerprint density at radius 1 is 0.946 bits per heavy atom. The first kappa shape index (κ1) is 28.5. The highest BCUT2D eigenvalue weighted by Gasteiger charge is 2.23. The number of rotatable bonds is 9. The van der Waals surface area contributed by atoms with E-state index in [9.17, 15) is 23.5 Å². The largest absolute Gasteiger partial charge is 0.460 e. The van der Waals surface area contributed by atoms with Crippen molar-refractivity contribution in [3.63, 3.8) is 0 Å². The van der Waals surface area contributed by atoms with Gasteiger partial charge in [0, 0.05) is 6.42 Å². The lowest BCUT2D eigenvalue weighted by Gasteiger charge is -2.26. The number of carbonyl (C=O) groups is 2. The lowest BCUT2D eigenvalue weighted by Crippen LogP contribution is -2.26. The minimum atomic E-state index is -1.09. The predicted molar refractivity (Wildman–Crippen MR) is 141 cm³/mol. The highest BCUT2D eigenvalue weighted by atomic mass is 19.1. The fraction of sp³-hybridized carbons (Fsp3) is 0.419. The Balaban J connectivity index is 1.93. The van der Waals surface area contributed by atoms with Crippen molar-refractivity contribution in [2.75, 3.05) is 0 Å². The Morgan fingerprint density at radius 2 is 1.46 bits per heavy atom. The molecular weight excluding hydrogens is 474 g/mol. The molecule has 2 aromatic rings. The number of halogens is 2. The maximum Gasteiger partial charge on any atom is 0.313 e. The standard InChI is InChI=1S/C31H36F2O4/c1-31(2,3)37-29(36)20-27(35)19-26(34)17-18-28(21-7-5-4-6-8-21)30(22-9-13-24(32)14-10-22)23-11-15-25(33)16-12-23/h9-18,21,26,34H,4-8,19-20H2,1-3H3/b18-17+. The summed E-state index contributed by atoms with van der Waals surface area (Å²) in [5.74, 6) is -1.54. The highest BCUT2D eigenvalue weighted by molar-refractivity contribution is 5.96. The zero-order chi connectivity index (χ0) is 27.0. The molecule has 0 bridgehead atoms. The van der Waals surface area contributed by atoms with Crippen LogP contribution in [-0.4, -0.2) is 28.6 Å². The van der Waals surface area contributed by atoms with Gasteiger partial charge in [0.15, 0.2) is 0 Å². The number of allylic oxidation sites excluding steroid dienone is 2. The Hall–Kier alpha value is -3.12. The highest BCUT2D eigenvalue weighted by Crippen LogP contribution is 2.38. The molecule has 0 radical (unpaired) electrons. The summed E-state index contributed by atoms with van der Waals surface area (Å²) in [4.78, 5) is 24.3. The number of ketones is 1. The molecule has 0 saturated heterocycles. The quantitative estimate of drug-likeness (QED) is 0.225. The third-order valence-electron chi connectivity index (χ3n) is 6.30. The van der Waals surface area contributed by atoms with Gasteiger partial charge in [0.1, 0.15) is 29.4 Å². The van der Waals surface area contributed by atoms with Gasteiger partial charge in [-0.1, -0.05) is 55.7 Å². The summed E-state index contributed by atoms with van der Waals surface area (Å²) in [5.41, 5.74) is 2.68. The number of esters is 1. The van der Waals surface area contributed by atoms with E-state index in [0.717, 1.165) is 54.4 Å². The summed E-state index contributed by atoms with van der Waals surface area (Å²) >= 11 is 0. The van der Waals surface area contributed by atoms with E-state index in [0.29, 0.717) is 0 Å². The van der Waals surface area contributed by atoms with Crippen LogP contribution >= 0.6 is 0 Å². The molecule has 37 heavy (non-hydrogen) atoms. The first-order chi connectivity index (χ1) is 17.5. The zero-order valence-corrected chi connectivity index (χ0v) is 21.8. The topological polar surface area (TPSA) is 63.6 Å². The number of aliphatic hydroxyl groups is 1. The van der Waals surface area contributed by atoms with Crippen LogP contribution in [0.25, 0.3) is 5.57 Å². The van der Waals surface area contributed by atoms with Gasteiger partial charge in [-0.2, -0.15) is 0 Å². The summed E-state index contributed by atoms with van der Waals surface area (Å²) in [7, 11) is 0. The fourth-order valence-electron chi connectivity index (χ4n) is 4.70. The van der Waals surface area contributed by atoms with Crippen LogP contribution in [0.3, 0.4) is 0 Å². The molecule has 6 heteroatoms. The minimum absolute atomic E-state index is 0.194. The van der Waals surface area contributed by atoms with Gasteiger partial charge in [-0.3, -0.25) is 9.59 Å². The molecule has 0 heterocycles. The molecule has 0 spiro atoms. The van der Waals surface area contributed by atoms with Crippen molar-refractivity contribution in [3.8, 4) is 0 Å². The van der Waals surface area contributed by atoms with Crippen LogP contribution in [-0.2, 0) is 14.3 Å². The smallest absolute Gasteiger partial charge is 0.313 e. The molecule has 1 aliphatic rings. The van der Waals surface area contributed by atoms with Crippen LogP contribution < -0.4 is 0 Å². The predicted octanol–water partition coefficient (Wildman–Crippen LogP) is 6.96. The van der Waals surface area contributed by atoms with Gasteiger partial charge in [-0.05, 0) is 86.1 Å². The molecule has 1 N–H and O–H groups in total. The number of benzene rings is 2. The third-order valence-corrected chi connectivity index (χ3v) is 6.30. The summed E-state index contributed by atoms with van der Waals surface area (Å²) in [6.45, 7) is 5.18. The van der Waals surface area contributed by atoms with Gasteiger partial charge in [0.05, 0.1) is 6.10 Å². The molecule has 0 aliphatic heterocycles. The second kappa shape index (κ2) is 12.9. The molecule has 2 aromatic carbocycles. The van der Waals surface area contributed by atoms with Crippen molar-refractivity contribution in [1.29, 1.82) is 0 Å². The van der Waals surface area contributed by atoms with Crippen LogP contribution in [0.1, 0.15) is 76.8 Å². The molecule has 1 unspecified atom stereocenters. The van der Waals surface area contributed by atoms with E-state index in [1.165, 1.54) is 24.3 Å². The summed E-state index contributed by atoms with van der Waals surface area (Å²) in [5, 5.41) is 10.6. The van der Waals surface area contributed by atoms with Crippen LogP contribution in [0.4, 0.5) is 8.78 Å². The second-order valence-electron chi connectivity index (χ2n) is 10.6. The Kier molecular flexibility index (Phi) is 9.93. The summed E-state index contributed by atoms with van der Waals surface area (Å²) in [6, 6.07) is 12.4. The van der Waals surface area contributed by atoms with Gasteiger partial charge >= 0.3 is 5.97 Å². The Bertz CT molecular complexity index is 1070. The van der Waals surface area contributed by atoms with Crippen molar-refractivity contribution in [2.45, 2.75) is 77.4 Å². The van der Waals surface area contributed by atoms with Gasteiger partial charge < -0.3 is 9.84 Å². The van der Waals surface area contributed by atoms with E-state index in [1.807, 2.05) is 6.08 Å². The number of hydrogen-bond donors (Lipinski definition) is 1. The second-order valence-corrected chi connectivity index (χ2v) is 10.6. The van der Waals surface area contributed by atoms with Crippen LogP contribution in [0.15, 0.2) is 66.3 Å². The van der Waals surface area contributed by atoms with Crippen LogP contribution in [0, 0.1) is 17.6 Å². The first-order valence-electron chi connectivity index (χ1n) is 12.9. The molecule has 0 amide bonds. The minimum Gasteiger partial charge on any atom is -0.460 e. The van der Waals surface area contributed by atoms with E-state index in [4.69, 9.17) is 4.74 Å². The lowest BCUT2D eigenvalue weighted by atomic mass is 9.78. The molecule has 1 aliphatic carbocycles. The number of Topliss-reactive ketones (excluding diaryl/α,β-unsaturated/α-hetero) is 1. The van der Waals surface area contributed by atoms with E-state index < -0.39 is 29.9 Å². The van der Waals surface area contributed by atoms with Gasteiger partial charge in [-0.15, -0.1) is 0 Å². The van der Waals surface area contributed by atoms with Gasteiger partial charge in [0.2, 0.25) is 0 Å². The molecular formula is C31H36F2O4. The first-order valence-corrected chi connectivity index (χ1v) is 12.9. The third kappa shape index (κ3) is 9.04. The average molecular weight is 511 g/mol. The molecule has 1 saturated carbocycles. The summed E-state index contributed by atoms with van der Waals surface area (Å²) < 4.78 is 32.7. The number of ether oxygens (including phenoxy) is 1. The van der Waals surface area contributed by atoms with Crippen molar-refractivity contribution in [1.82, 2.24) is 0 Å². The van der Waals surface area contributed by atoms with Crippen LogP contribution in [0.2, 0.25) is 0 Å². The maximum absolute atomic E-state index is 13.7. The van der Waals surface area contributed by atoms with E-state index in [-0.39, 0.29) is 24.0 Å². The van der Waals surface area contributed by atoms with Crippen molar-refractivity contribution in [2.24, 2.45) is 5.92 Å². The van der Waals surface area contributed by atoms with Crippen molar-refractivity contribution in [3.05, 3.63) is 89.0 Å². The fourth-order valence-corrected chi connectivity index (χ4v) is 4.70. The van der Waals surface area contributed by atoms with Gasteiger partial charge in [-0.25, -0.2) is 8.78 Å². The van der Waals surface area contributed by atoms with Crippen molar-refractivity contribution < 1.29 is 28.2 Å². The van der Waals surface area contributed by atoms with E-state index in [1.54, 1.807) is 51.1 Å². The maximum atomic E-state index is 13.7. The molecule has 198 valence electrons. The average Bonchev–Trinajstić information content (AvgIpc) is 2.82. The number of aliphatic hydroxyl groups excluding tert-OH is 1. The Morgan fingerprint density at radius 3 is 1.95 bits per heavy atom. The zero-order valence-electron chi connectivity index (χ0n) is 21.8. The molecule has 4 nitrogen and oxygen atoms in total. The molecule has 3 rings (SSSR count). The van der Waals surface area contributed by atoms with Crippen LogP contribution in [0.5, 0.6) is 0 Å². The van der Waals surface area contributed by atoms with Crippen molar-refractivity contribution >= 4 is 17.3 Å². The normalized spacial score (nSPS) is 15.4. The monoisotopic (exact) mass is 510 g/mol. The lowest BCUT2D eigenvalue weighted by molar-refractivity contribution is -0.156. The van der Waals surface area contributed by atoms with E-state index >= 15 is 0 Å².